The van der Waals surface area contributed by atoms with Crippen molar-refractivity contribution in [2.45, 2.75) is 25.4 Å². The van der Waals surface area contributed by atoms with E-state index in [1.54, 1.807) is 0 Å². The normalized spacial score (nSPS) is 23.0. The van der Waals surface area contributed by atoms with Crippen LogP contribution in [0, 0.1) is 5.92 Å². The van der Waals surface area contributed by atoms with Gasteiger partial charge in [-0.3, -0.25) is 4.79 Å². The van der Waals surface area contributed by atoms with Crippen molar-refractivity contribution in [3.8, 4) is 0 Å². The van der Waals surface area contributed by atoms with Gasteiger partial charge in [0.1, 0.15) is 0 Å². The van der Waals surface area contributed by atoms with Crippen molar-refractivity contribution in [2.24, 2.45) is 5.92 Å². The fraction of sp³-hybridized carbons (Fsp3) is 0.278. The monoisotopic (exact) mass is 278 g/mol. The van der Waals surface area contributed by atoms with Crippen LogP contribution < -0.4 is 5.73 Å². The smallest absolute Gasteiger partial charge is 0.226 e. The van der Waals surface area contributed by atoms with E-state index in [9.17, 15) is 4.79 Å². The first-order valence-corrected chi connectivity index (χ1v) is 7.43. The van der Waals surface area contributed by atoms with Crippen molar-refractivity contribution in [3.05, 3.63) is 65.2 Å². The van der Waals surface area contributed by atoms with Crippen LogP contribution in [-0.2, 0) is 17.9 Å². The summed E-state index contributed by atoms with van der Waals surface area (Å²) in [5.74, 6) is 0.866. The fourth-order valence-electron chi connectivity index (χ4n) is 3.34. The third-order valence-corrected chi connectivity index (χ3v) is 4.60. The Morgan fingerprint density at radius 1 is 1.05 bits per heavy atom. The number of rotatable bonds is 2. The zero-order valence-corrected chi connectivity index (χ0v) is 11.8. The molecule has 1 amide bonds. The number of hydrogen-bond acceptors (Lipinski definition) is 2. The lowest BCUT2D eigenvalue weighted by Crippen LogP contribution is -2.27. The van der Waals surface area contributed by atoms with Crippen molar-refractivity contribution in [1.29, 1.82) is 0 Å². The number of nitrogens with zero attached hydrogens (tertiary/aromatic N) is 1. The van der Waals surface area contributed by atoms with Gasteiger partial charge in [0.15, 0.2) is 0 Å². The Kier molecular flexibility index (Phi) is 2.74. The summed E-state index contributed by atoms with van der Waals surface area (Å²) in [6, 6.07) is 16.3. The molecule has 0 spiro atoms. The molecule has 2 atom stereocenters. The summed E-state index contributed by atoms with van der Waals surface area (Å²) in [5, 5.41) is 0. The Morgan fingerprint density at radius 3 is 2.62 bits per heavy atom. The molecule has 2 unspecified atom stereocenters. The Bertz CT molecular complexity index is 696. The molecule has 0 saturated heterocycles. The molecule has 1 aliphatic heterocycles. The predicted molar refractivity (Wildman–Crippen MR) is 82.4 cm³/mol. The van der Waals surface area contributed by atoms with Crippen LogP contribution >= 0.6 is 0 Å². The maximum absolute atomic E-state index is 12.6. The molecule has 2 aromatic rings. The number of carbonyl (C=O) groups excluding carboxylic acids is 1. The molecule has 106 valence electrons. The molecule has 1 aliphatic carbocycles. The van der Waals surface area contributed by atoms with Gasteiger partial charge < -0.3 is 10.6 Å². The van der Waals surface area contributed by atoms with Crippen molar-refractivity contribution in [3.63, 3.8) is 0 Å². The molecular formula is C18H18N2O. The molecule has 0 aromatic heterocycles. The molecule has 0 radical (unpaired) electrons. The van der Waals surface area contributed by atoms with Gasteiger partial charge in [-0.25, -0.2) is 0 Å². The second-order valence-corrected chi connectivity index (χ2v) is 6.08. The van der Waals surface area contributed by atoms with Crippen molar-refractivity contribution < 1.29 is 4.79 Å². The van der Waals surface area contributed by atoms with E-state index in [0.29, 0.717) is 18.4 Å². The summed E-state index contributed by atoms with van der Waals surface area (Å²) in [6.07, 6.45) is 0.984. The molecule has 2 N–H and O–H groups in total. The maximum Gasteiger partial charge on any atom is 0.226 e. The standard InChI is InChI=1S/C18H18N2O/c19-15-7-6-13-10-20(11-14(13)8-15)18(21)17-9-16(17)12-4-2-1-3-5-12/h1-8,16-17H,9-11,19H2. The van der Waals surface area contributed by atoms with E-state index in [2.05, 4.69) is 12.1 Å². The zero-order valence-electron chi connectivity index (χ0n) is 11.8. The summed E-state index contributed by atoms with van der Waals surface area (Å²) in [7, 11) is 0. The number of anilines is 1. The van der Waals surface area contributed by atoms with Crippen molar-refractivity contribution >= 4 is 11.6 Å². The lowest BCUT2D eigenvalue weighted by Gasteiger charge is -2.15. The van der Waals surface area contributed by atoms with E-state index in [1.165, 1.54) is 16.7 Å². The van der Waals surface area contributed by atoms with Gasteiger partial charge in [0.25, 0.3) is 0 Å². The highest BCUT2D eigenvalue weighted by Gasteiger charge is 2.46. The van der Waals surface area contributed by atoms with E-state index in [1.807, 2.05) is 41.3 Å². The first-order valence-electron chi connectivity index (χ1n) is 7.43. The molecule has 4 rings (SSSR count). The van der Waals surface area contributed by atoms with Gasteiger partial charge in [-0.2, -0.15) is 0 Å². The Balaban J connectivity index is 1.47. The molecule has 3 nitrogen and oxygen atoms in total. The van der Waals surface area contributed by atoms with Gasteiger partial charge in [0, 0.05) is 24.7 Å². The van der Waals surface area contributed by atoms with Gasteiger partial charge in [-0.05, 0) is 41.2 Å². The van der Waals surface area contributed by atoms with Crippen LogP contribution in [0.25, 0.3) is 0 Å². The molecule has 2 aromatic carbocycles. The van der Waals surface area contributed by atoms with E-state index in [-0.39, 0.29) is 5.92 Å². The molecule has 3 heteroatoms. The largest absolute Gasteiger partial charge is 0.399 e. The SMILES string of the molecule is Nc1ccc2c(c1)CN(C(=O)C1CC1c1ccccc1)C2. The Morgan fingerprint density at radius 2 is 1.81 bits per heavy atom. The summed E-state index contributed by atoms with van der Waals surface area (Å²) in [4.78, 5) is 14.6. The average Bonchev–Trinajstić information content (AvgIpc) is 3.20. The second kappa shape index (κ2) is 4.62. The number of nitrogen functional groups attached to an aromatic ring is 1. The molecule has 1 fully saturated rings. The van der Waals surface area contributed by atoms with Crippen LogP contribution in [0.3, 0.4) is 0 Å². The van der Waals surface area contributed by atoms with E-state index in [0.717, 1.165) is 18.7 Å². The molecular weight excluding hydrogens is 260 g/mol. The van der Waals surface area contributed by atoms with E-state index in [4.69, 9.17) is 5.73 Å². The molecule has 1 saturated carbocycles. The van der Waals surface area contributed by atoms with Crippen molar-refractivity contribution in [1.82, 2.24) is 4.90 Å². The average molecular weight is 278 g/mol. The van der Waals surface area contributed by atoms with Gasteiger partial charge in [0.2, 0.25) is 5.91 Å². The van der Waals surface area contributed by atoms with Crippen LogP contribution in [0.15, 0.2) is 48.5 Å². The molecule has 0 bridgehead atoms. The predicted octanol–water partition coefficient (Wildman–Crippen LogP) is 2.91. The van der Waals surface area contributed by atoms with E-state index >= 15 is 0 Å². The Labute approximate surface area is 124 Å². The minimum Gasteiger partial charge on any atom is -0.399 e. The molecule has 21 heavy (non-hydrogen) atoms. The number of carbonyl (C=O) groups is 1. The first-order chi connectivity index (χ1) is 10.2. The number of fused-ring (bicyclic) bond motifs is 1. The lowest BCUT2D eigenvalue weighted by molar-refractivity contribution is -0.133. The highest BCUT2D eigenvalue weighted by atomic mass is 16.2. The summed E-state index contributed by atoms with van der Waals surface area (Å²) in [6.45, 7) is 1.43. The number of hydrogen-bond donors (Lipinski definition) is 1. The second-order valence-electron chi connectivity index (χ2n) is 6.08. The minimum atomic E-state index is 0.166. The third kappa shape index (κ3) is 2.19. The minimum absolute atomic E-state index is 0.166. The van der Waals surface area contributed by atoms with Crippen LogP contribution in [0.1, 0.15) is 29.0 Å². The van der Waals surface area contributed by atoms with Crippen LogP contribution in [0.4, 0.5) is 5.69 Å². The highest BCUT2D eigenvalue weighted by Crippen LogP contribution is 2.49. The Hall–Kier alpha value is -2.29. The highest BCUT2D eigenvalue weighted by molar-refractivity contribution is 5.83. The van der Waals surface area contributed by atoms with Crippen LogP contribution in [0.2, 0.25) is 0 Å². The maximum atomic E-state index is 12.6. The lowest BCUT2D eigenvalue weighted by atomic mass is 10.1. The molecule has 2 aliphatic rings. The van der Waals surface area contributed by atoms with E-state index < -0.39 is 0 Å². The quantitative estimate of drug-likeness (QED) is 0.859. The topological polar surface area (TPSA) is 46.3 Å². The fourth-order valence-corrected chi connectivity index (χ4v) is 3.34. The van der Waals surface area contributed by atoms with Gasteiger partial charge >= 0.3 is 0 Å². The van der Waals surface area contributed by atoms with Gasteiger partial charge in [-0.15, -0.1) is 0 Å². The van der Waals surface area contributed by atoms with Crippen LogP contribution in [0.5, 0.6) is 0 Å². The third-order valence-electron chi connectivity index (χ3n) is 4.60. The number of nitrogens with two attached hydrogens (primary N) is 1. The zero-order chi connectivity index (χ0) is 14.4. The van der Waals surface area contributed by atoms with Gasteiger partial charge in [0.05, 0.1) is 0 Å². The number of amides is 1. The van der Waals surface area contributed by atoms with Crippen molar-refractivity contribution in [2.75, 3.05) is 5.73 Å². The van der Waals surface area contributed by atoms with Crippen LogP contribution in [-0.4, -0.2) is 10.8 Å². The summed E-state index contributed by atoms with van der Waals surface area (Å²) in [5.41, 5.74) is 10.3. The molecule has 1 heterocycles. The van der Waals surface area contributed by atoms with Gasteiger partial charge in [-0.1, -0.05) is 36.4 Å². The number of benzene rings is 2. The summed E-state index contributed by atoms with van der Waals surface area (Å²) >= 11 is 0. The first kappa shape index (κ1) is 12.5. The summed E-state index contributed by atoms with van der Waals surface area (Å²) < 4.78 is 0.